The third-order valence-corrected chi connectivity index (χ3v) is 5.74. The van der Waals surface area contributed by atoms with Crippen LogP contribution in [0.25, 0.3) is 0 Å². The highest BCUT2D eigenvalue weighted by molar-refractivity contribution is 6.22. The van der Waals surface area contributed by atoms with Crippen LogP contribution in [0, 0.1) is 0 Å². The van der Waals surface area contributed by atoms with Gasteiger partial charge in [0.1, 0.15) is 11.8 Å². The second kappa shape index (κ2) is 8.86. The normalized spacial score (nSPS) is 14.1. The minimum atomic E-state index is -1.05. The lowest BCUT2D eigenvalue weighted by Crippen LogP contribution is -2.54. The first-order valence-corrected chi connectivity index (χ1v) is 10.6. The standard InChI is InChI=1S/C26H25N3O4/c1-26(2,22-13-6-7-14-27-22)28-23(30)21(16-17-9-8-10-18(15-17)33-3)29-24(31)19-11-4-5-12-20(19)25(29)32/h4-15,21H,16H2,1-3H3,(H,28,30)/t21-/m0/s1. The fourth-order valence-electron chi connectivity index (χ4n) is 4.00. The van der Waals surface area contributed by atoms with Crippen molar-refractivity contribution in [3.8, 4) is 5.75 Å². The fourth-order valence-corrected chi connectivity index (χ4v) is 4.00. The van der Waals surface area contributed by atoms with E-state index in [-0.39, 0.29) is 6.42 Å². The number of fused-ring (bicyclic) bond motifs is 1. The lowest BCUT2D eigenvalue weighted by atomic mass is 9.97. The van der Waals surface area contributed by atoms with E-state index in [2.05, 4.69) is 10.3 Å². The topological polar surface area (TPSA) is 88.6 Å². The summed E-state index contributed by atoms with van der Waals surface area (Å²) in [5.41, 5.74) is 1.22. The van der Waals surface area contributed by atoms with Crippen molar-refractivity contribution in [1.29, 1.82) is 0 Å². The molecule has 2 heterocycles. The molecule has 1 atom stereocenters. The van der Waals surface area contributed by atoms with E-state index in [0.717, 1.165) is 10.5 Å². The summed E-state index contributed by atoms with van der Waals surface area (Å²) in [6, 6.07) is 18.3. The van der Waals surface area contributed by atoms with E-state index in [0.29, 0.717) is 22.6 Å². The number of ether oxygens (including phenoxy) is 1. The van der Waals surface area contributed by atoms with E-state index in [1.54, 1.807) is 55.8 Å². The monoisotopic (exact) mass is 443 g/mol. The van der Waals surface area contributed by atoms with Crippen LogP contribution in [-0.4, -0.2) is 40.8 Å². The highest BCUT2D eigenvalue weighted by Gasteiger charge is 2.43. The molecule has 0 saturated carbocycles. The number of benzene rings is 2. The molecule has 0 bridgehead atoms. The van der Waals surface area contributed by atoms with Gasteiger partial charge < -0.3 is 10.1 Å². The fraction of sp³-hybridized carbons (Fsp3) is 0.231. The van der Waals surface area contributed by atoms with Gasteiger partial charge in [-0.2, -0.15) is 0 Å². The average molecular weight is 444 g/mol. The first-order valence-electron chi connectivity index (χ1n) is 10.6. The molecule has 0 radical (unpaired) electrons. The largest absolute Gasteiger partial charge is 0.497 e. The molecule has 0 fully saturated rings. The Labute approximate surface area is 192 Å². The second-order valence-corrected chi connectivity index (χ2v) is 8.43. The van der Waals surface area contributed by atoms with Crippen LogP contribution in [0.2, 0.25) is 0 Å². The van der Waals surface area contributed by atoms with Gasteiger partial charge in [0.25, 0.3) is 11.8 Å². The summed E-state index contributed by atoms with van der Waals surface area (Å²) in [6.07, 6.45) is 1.80. The molecule has 1 aliphatic heterocycles. The van der Waals surface area contributed by atoms with Crippen molar-refractivity contribution < 1.29 is 19.1 Å². The molecule has 2 aromatic carbocycles. The van der Waals surface area contributed by atoms with E-state index in [1.165, 1.54) is 0 Å². The molecule has 4 rings (SSSR count). The van der Waals surface area contributed by atoms with Crippen molar-refractivity contribution in [2.24, 2.45) is 0 Å². The summed E-state index contributed by atoms with van der Waals surface area (Å²) in [5.74, 6) is -0.769. The van der Waals surface area contributed by atoms with Crippen molar-refractivity contribution >= 4 is 17.7 Å². The molecule has 0 unspecified atom stereocenters. The van der Waals surface area contributed by atoms with Gasteiger partial charge in [-0.25, -0.2) is 0 Å². The molecule has 7 nitrogen and oxygen atoms in total. The number of rotatable bonds is 7. The van der Waals surface area contributed by atoms with Crippen LogP contribution in [0.1, 0.15) is 45.8 Å². The summed E-state index contributed by atoms with van der Waals surface area (Å²) in [4.78, 5) is 45.4. The minimum absolute atomic E-state index is 0.146. The number of hydrogen-bond donors (Lipinski definition) is 1. The lowest BCUT2D eigenvalue weighted by Gasteiger charge is -2.31. The maximum Gasteiger partial charge on any atom is 0.262 e. The Balaban J connectivity index is 1.69. The molecule has 7 heteroatoms. The number of nitrogens with one attached hydrogen (secondary N) is 1. The minimum Gasteiger partial charge on any atom is -0.497 e. The Morgan fingerprint density at radius 3 is 2.27 bits per heavy atom. The summed E-state index contributed by atoms with van der Waals surface area (Å²) in [6.45, 7) is 3.66. The maximum atomic E-state index is 13.6. The van der Waals surface area contributed by atoms with Gasteiger partial charge in [0.05, 0.1) is 29.5 Å². The molecule has 3 aromatic rings. The number of amides is 3. The van der Waals surface area contributed by atoms with Crippen LogP contribution in [0.15, 0.2) is 72.9 Å². The third kappa shape index (κ3) is 4.35. The van der Waals surface area contributed by atoms with Crippen molar-refractivity contribution in [2.75, 3.05) is 7.11 Å². The van der Waals surface area contributed by atoms with Gasteiger partial charge in [-0.05, 0) is 55.8 Å². The SMILES string of the molecule is COc1cccc(C[C@@H](C(=O)NC(C)(C)c2ccccn2)N2C(=O)c3ccccc3C2=O)c1. The van der Waals surface area contributed by atoms with Gasteiger partial charge in [0.2, 0.25) is 5.91 Å². The Morgan fingerprint density at radius 2 is 1.67 bits per heavy atom. The Kier molecular flexibility index (Phi) is 5.96. The van der Waals surface area contributed by atoms with E-state index in [9.17, 15) is 14.4 Å². The third-order valence-electron chi connectivity index (χ3n) is 5.74. The van der Waals surface area contributed by atoms with Gasteiger partial charge in [-0.3, -0.25) is 24.3 Å². The van der Waals surface area contributed by atoms with E-state index >= 15 is 0 Å². The summed E-state index contributed by atoms with van der Waals surface area (Å²) in [7, 11) is 1.56. The number of methoxy groups -OCH3 is 1. The summed E-state index contributed by atoms with van der Waals surface area (Å²) in [5, 5.41) is 2.99. The van der Waals surface area contributed by atoms with Crippen LogP contribution in [-0.2, 0) is 16.8 Å². The molecule has 1 aromatic heterocycles. The predicted molar refractivity (Wildman–Crippen MR) is 123 cm³/mol. The van der Waals surface area contributed by atoms with Gasteiger partial charge in [0, 0.05) is 12.6 Å². The molecule has 1 N–H and O–H groups in total. The van der Waals surface area contributed by atoms with E-state index < -0.39 is 29.3 Å². The Morgan fingerprint density at radius 1 is 1.00 bits per heavy atom. The van der Waals surface area contributed by atoms with Gasteiger partial charge in [-0.1, -0.05) is 30.3 Å². The molecular formula is C26H25N3O4. The highest BCUT2D eigenvalue weighted by atomic mass is 16.5. The van der Waals surface area contributed by atoms with Crippen LogP contribution in [0.3, 0.4) is 0 Å². The van der Waals surface area contributed by atoms with Crippen LogP contribution in [0.5, 0.6) is 5.75 Å². The smallest absolute Gasteiger partial charge is 0.262 e. The highest BCUT2D eigenvalue weighted by Crippen LogP contribution is 2.28. The van der Waals surface area contributed by atoms with Crippen molar-refractivity contribution in [2.45, 2.75) is 31.8 Å². The zero-order valence-electron chi connectivity index (χ0n) is 18.7. The number of hydrogen-bond acceptors (Lipinski definition) is 5. The number of carbonyl (C=O) groups excluding carboxylic acids is 3. The summed E-state index contributed by atoms with van der Waals surface area (Å²) < 4.78 is 5.30. The van der Waals surface area contributed by atoms with Crippen LogP contribution >= 0.6 is 0 Å². The van der Waals surface area contributed by atoms with Crippen molar-refractivity contribution in [1.82, 2.24) is 15.2 Å². The number of carbonyl (C=O) groups is 3. The number of aromatic nitrogens is 1. The first kappa shape index (κ1) is 22.2. The second-order valence-electron chi connectivity index (χ2n) is 8.43. The van der Waals surface area contributed by atoms with Crippen molar-refractivity contribution in [3.05, 3.63) is 95.3 Å². The molecule has 0 aliphatic carbocycles. The van der Waals surface area contributed by atoms with Crippen molar-refractivity contribution in [3.63, 3.8) is 0 Å². The molecule has 168 valence electrons. The van der Waals surface area contributed by atoms with Crippen LogP contribution < -0.4 is 10.1 Å². The predicted octanol–water partition coefficient (Wildman–Crippen LogP) is 3.35. The van der Waals surface area contributed by atoms with Crippen LogP contribution in [0.4, 0.5) is 0 Å². The Hall–Kier alpha value is -4.00. The zero-order valence-corrected chi connectivity index (χ0v) is 18.7. The zero-order chi connectivity index (χ0) is 23.6. The molecular weight excluding hydrogens is 418 g/mol. The van der Waals surface area contributed by atoms with Gasteiger partial charge >= 0.3 is 0 Å². The number of nitrogens with zero attached hydrogens (tertiary/aromatic N) is 2. The lowest BCUT2D eigenvalue weighted by molar-refractivity contribution is -0.126. The first-order chi connectivity index (χ1) is 15.8. The molecule has 33 heavy (non-hydrogen) atoms. The van der Waals surface area contributed by atoms with Gasteiger partial charge in [0.15, 0.2) is 0 Å². The summed E-state index contributed by atoms with van der Waals surface area (Å²) >= 11 is 0. The average Bonchev–Trinajstić information content (AvgIpc) is 3.08. The molecule has 3 amide bonds. The van der Waals surface area contributed by atoms with E-state index in [4.69, 9.17) is 4.74 Å². The molecule has 0 spiro atoms. The molecule has 1 aliphatic rings. The number of imide groups is 1. The number of pyridine rings is 1. The Bertz CT molecular complexity index is 1170. The maximum absolute atomic E-state index is 13.6. The van der Waals surface area contributed by atoms with E-state index in [1.807, 2.05) is 38.1 Å². The van der Waals surface area contributed by atoms with Gasteiger partial charge in [-0.15, -0.1) is 0 Å². The quantitative estimate of drug-likeness (QED) is 0.566. The molecule has 0 saturated heterocycles.